The van der Waals surface area contributed by atoms with Gasteiger partial charge >= 0.3 is 0 Å². The highest BCUT2D eigenvalue weighted by Gasteiger charge is 2.26. The maximum absolute atomic E-state index is 12.0. The van der Waals surface area contributed by atoms with E-state index in [1.54, 1.807) is 11.0 Å². The van der Waals surface area contributed by atoms with Gasteiger partial charge in [0.25, 0.3) is 0 Å². The number of nitrogens with zero attached hydrogens (tertiary/aromatic N) is 1. The molecule has 2 N–H and O–H groups in total. The number of carbonyl (C=O) groups excluding carboxylic acids is 1. The van der Waals surface area contributed by atoms with Crippen LogP contribution >= 0.6 is 0 Å². The molecule has 0 saturated carbocycles. The van der Waals surface area contributed by atoms with Gasteiger partial charge < -0.3 is 15.4 Å². The van der Waals surface area contributed by atoms with E-state index >= 15 is 0 Å². The zero-order valence-electron chi connectivity index (χ0n) is 9.56. The van der Waals surface area contributed by atoms with Gasteiger partial charge in [-0.25, -0.2) is 0 Å². The monoisotopic (exact) mass is 220 g/mol. The van der Waals surface area contributed by atoms with Crippen molar-refractivity contribution in [2.24, 2.45) is 5.92 Å². The highest BCUT2D eigenvalue weighted by Crippen LogP contribution is 2.36. The Labute approximate surface area is 95.0 Å². The topological polar surface area (TPSA) is 55.6 Å². The quantitative estimate of drug-likeness (QED) is 0.732. The van der Waals surface area contributed by atoms with Crippen molar-refractivity contribution in [1.29, 1.82) is 0 Å². The summed E-state index contributed by atoms with van der Waals surface area (Å²) in [5.74, 6) is 0.713. The summed E-state index contributed by atoms with van der Waals surface area (Å²) in [5, 5.41) is 0. The second-order valence-electron chi connectivity index (χ2n) is 4.19. The summed E-state index contributed by atoms with van der Waals surface area (Å²) < 4.78 is 5.50. The number of anilines is 2. The maximum Gasteiger partial charge on any atom is 0.229 e. The van der Waals surface area contributed by atoms with E-state index in [-0.39, 0.29) is 11.8 Å². The number of ether oxygens (including phenoxy) is 1. The zero-order valence-corrected chi connectivity index (χ0v) is 9.56. The van der Waals surface area contributed by atoms with Crippen LogP contribution in [0, 0.1) is 5.92 Å². The van der Waals surface area contributed by atoms with Crippen molar-refractivity contribution in [3.05, 3.63) is 18.2 Å². The summed E-state index contributed by atoms with van der Waals surface area (Å²) in [6.45, 7) is 4.88. The van der Waals surface area contributed by atoms with Crippen LogP contribution in [0.5, 0.6) is 5.75 Å². The highest BCUT2D eigenvalue weighted by molar-refractivity contribution is 5.97. The van der Waals surface area contributed by atoms with E-state index in [1.165, 1.54) is 0 Å². The Morgan fingerprint density at radius 3 is 2.94 bits per heavy atom. The lowest BCUT2D eigenvalue weighted by molar-refractivity contribution is -0.121. The van der Waals surface area contributed by atoms with Crippen LogP contribution in [0.3, 0.4) is 0 Å². The molecule has 0 spiro atoms. The molecule has 4 heteroatoms. The molecule has 1 aromatic carbocycles. The number of hydrogen-bond donors (Lipinski definition) is 1. The summed E-state index contributed by atoms with van der Waals surface area (Å²) in [7, 11) is 0. The Morgan fingerprint density at radius 2 is 2.25 bits per heavy atom. The first-order chi connectivity index (χ1) is 7.61. The molecule has 1 aliphatic rings. The lowest BCUT2D eigenvalue weighted by Gasteiger charge is -2.31. The number of rotatable bonds is 1. The van der Waals surface area contributed by atoms with Gasteiger partial charge in [0.05, 0.1) is 17.9 Å². The maximum atomic E-state index is 12.0. The van der Waals surface area contributed by atoms with Crippen molar-refractivity contribution in [3.8, 4) is 5.75 Å². The van der Waals surface area contributed by atoms with E-state index in [2.05, 4.69) is 0 Å². The first kappa shape index (κ1) is 10.8. The van der Waals surface area contributed by atoms with Gasteiger partial charge in [-0.05, 0) is 12.1 Å². The SMILES string of the molecule is CC(C)C(=O)N1CCOc2c(N)cccc21. The van der Waals surface area contributed by atoms with Gasteiger partial charge in [-0.2, -0.15) is 0 Å². The first-order valence-corrected chi connectivity index (χ1v) is 5.44. The minimum Gasteiger partial charge on any atom is -0.487 e. The molecule has 1 aliphatic heterocycles. The Hall–Kier alpha value is -1.71. The third kappa shape index (κ3) is 1.71. The lowest BCUT2D eigenvalue weighted by atomic mass is 10.1. The fraction of sp³-hybridized carbons (Fsp3) is 0.417. The van der Waals surface area contributed by atoms with Crippen molar-refractivity contribution in [2.45, 2.75) is 13.8 Å². The average molecular weight is 220 g/mol. The Morgan fingerprint density at radius 1 is 1.50 bits per heavy atom. The largest absolute Gasteiger partial charge is 0.487 e. The Kier molecular flexibility index (Phi) is 2.73. The molecule has 4 nitrogen and oxygen atoms in total. The number of hydrogen-bond acceptors (Lipinski definition) is 3. The fourth-order valence-corrected chi connectivity index (χ4v) is 1.81. The van der Waals surface area contributed by atoms with Gasteiger partial charge in [-0.15, -0.1) is 0 Å². The molecule has 0 atom stereocenters. The van der Waals surface area contributed by atoms with E-state index in [0.29, 0.717) is 24.6 Å². The number of amides is 1. The standard InChI is InChI=1S/C12H16N2O2/c1-8(2)12(15)14-6-7-16-11-9(13)4-3-5-10(11)14/h3-5,8H,6-7,13H2,1-2H3. The summed E-state index contributed by atoms with van der Waals surface area (Å²) in [4.78, 5) is 13.8. The number of carbonyl (C=O) groups is 1. The molecule has 0 saturated heterocycles. The molecule has 86 valence electrons. The van der Waals surface area contributed by atoms with E-state index < -0.39 is 0 Å². The number of para-hydroxylation sites is 1. The van der Waals surface area contributed by atoms with Crippen LogP contribution in [0.4, 0.5) is 11.4 Å². The van der Waals surface area contributed by atoms with E-state index in [1.807, 2.05) is 26.0 Å². The van der Waals surface area contributed by atoms with Crippen LogP contribution in [-0.2, 0) is 4.79 Å². The van der Waals surface area contributed by atoms with Gasteiger partial charge in [0.1, 0.15) is 6.61 Å². The van der Waals surface area contributed by atoms with Gasteiger partial charge in [0.2, 0.25) is 5.91 Å². The first-order valence-electron chi connectivity index (χ1n) is 5.44. The number of nitrogens with two attached hydrogens (primary N) is 1. The van der Waals surface area contributed by atoms with Crippen LogP contribution in [0.15, 0.2) is 18.2 Å². The molecule has 0 aromatic heterocycles. The molecule has 16 heavy (non-hydrogen) atoms. The third-order valence-corrected chi connectivity index (χ3v) is 2.64. The van der Waals surface area contributed by atoms with E-state index in [0.717, 1.165) is 5.69 Å². The third-order valence-electron chi connectivity index (χ3n) is 2.64. The second-order valence-corrected chi connectivity index (χ2v) is 4.19. The molecule has 1 heterocycles. The number of fused-ring (bicyclic) bond motifs is 1. The summed E-state index contributed by atoms with van der Waals surface area (Å²) in [6, 6.07) is 5.48. The van der Waals surface area contributed by atoms with Crippen molar-refractivity contribution < 1.29 is 9.53 Å². The Balaban J connectivity index is 2.41. The Bertz CT molecular complexity index is 415. The van der Waals surface area contributed by atoms with Crippen molar-refractivity contribution >= 4 is 17.3 Å². The highest BCUT2D eigenvalue weighted by atomic mass is 16.5. The van der Waals surface area contributed by atoms with Crippen molar-refractivity contribution in [1.82, 2.24) is 0 Å². The lowest BCUT2D eigenvalue weighted by Crippen LogP contribution is -2.40. The molecule has 2 rings (SSSR count). The van der Waals surface area contributed by atoms with Crippen LogP contribution in [-0.4, -0.2) is 19.1 Å². The average Bonchev–Trinajstić information content (AvgIpc) is 2.28. The molecule has 0 fully saturated rings. The molecule has 0 radical (unpaired) electrons. The zero-order chi connectivity index (χ0) is 11.7. The molecule has 1 amide bonds. The molecular weight excluding hydrogens is 204 g/mol. The molecule has 0 aliphatic carbocycles. The molecular formula is C12H16N2O2. The van der Waals surface area contributed by atoms with Gasteiger partial charge in [0, 0.05) is 5.92 Å². The number of nitrogen functional groups attached to an aromatic ring is 1. The minimum atomic E-state index is -0.0209. The van der Waals surface area contributed by atoms with Gasteiger partial charge in [-0.1, -0.05) is 19.9 Å². The number of benzene rings is 1. The van der Waals surface area contributed by atoms with Crippen molar-refractivity contribution in [3.63, 3.8) is 0 Å². The van der Waals surface area contributed by atoms with Crippen LogP contribution < -0.4 is 15.4 Å². The van der Waals surface area contributed by atoms with Crippen LogP contribution in [0.2, 0.25) is 0 Å². The minimum absolute atomic E-state index is 0.0209. The summed E-state index contributed by atoms with van der Waals surface area (Å²) in [5.41, 5.74) is 7.18. The van der Waals surface area contributed by atoms with Crippen LogP contribution in [0.25, 0.3) is 0 Å². The van der Waals surface area contributed by atoms with Gasteiger partial charge in [-0.3, -0.25) is 4.79 Å². The van der Waals surface area contributed by atoms with Gasteiger partial charge in [0.15, 0.2) is 5.75 Å². The van der Waals surface area contributed by atoms with Crippen LogP contribution in [0.1, 0.15) is 13.8 Å². The van der Waals surface area contributed by atoms with E-state index in [9.17, 15) is 4.79 Å². The smallest absolute Gasteiger partial charge is 0.229 e. The summed E-state index contributed by atoms with van der Waals surface area (Å²) >= 11 is 0. The molecule has 0 unspecified atom stereocenters. The second kappa shape index (κ2) is 4.04. The predicted molar refractivity (Wildman–Crippen MR) is 63.5 cm³/mol. The summed E-state index contributed by atoms with van der Waals surface area (Å²) in [6.07, 6.45) is 0. The molecule has 1 aromatic rings. The van der Waals surface area contributed by atoms with Crippen molar-refractivity contribution in [2.75, 3.05) is 23.8 Å². The molecule has 0 bridgehead atoms. The predicted octanol–water partition coefficient (Wildman–Crippen LogP) is 1.65. The van der Waals surface area contributed by atoms with E-state index in [4.69, 9.17) is 10.5 Å². The normalized spacial score (nSPS) is 14.6. The fourth-order valence-electron chi connectivity index (χ4n) is 1.81.